The zero-order valence-electron chi connectivity index (χ0n) is 17.4. The monoisotopic (exact) mass is 461 g/mol. The molecule has 0 radical (unpaired) electrons. The highest BCUT2D eigenvalue weighted by Crippen LogP contribution is 2.37. The summed E-state index contributed by atoms with van der Waals surface area (Å²) >= 11 is 12.7. The molecule has 8 heteroatoms. The standard InChI is InChI=1S/C23H25Cl2N3O3/c1-3-22(29)28-12-10-27(11-13-28)9-8-26-23(30)18-14-17(20(25)15-21(18)31-2)16-6-4-5-7-19(16)24/h3-7,14-15H,1,8-13H2,2H3,(H,26,30). The smallest absolute Gasteiger partial charge is 0.255 e. The number of hydrogen-bond acceptors (Lipinski definition) is 4. The van der Waals surface area contributed by atoms with E-state index in [1.165, 1.54) is 13.2 Å². The Morgan fingerprint density at radius 2 is 1.81 bits per heavy atom. The number of carbonyl (C=O) groups is 2. The van der Waals surface area contributed by atoms with Crippen molar-refractivity contribution in [1.82, 2.24) is 15.1 Å². The minimum absolute atomic E-state index is 0.0443. The zero-order chi connectivity index (χ0) is 22.4. The quantitative estimate of drug-likeness (QED) is 0.638. The van der Waals surface area contributed by atoms with Crippen molar-refractivity contribution in [2.24, 2.45) is 0 Å². The first kappa shape index (κ1) is 23.1. The molecule has 1 heterocycles. The molecule has 0 atom stereocenters. The van der Waals surface area contributed by atoms with Crippen LogP contribution in [0.3, 0.4) is 0 Å². The highest BCUT2D eigenvalue weighted by atomic mass is 35.5. The van der Waals surface area contributed by atoms with Crippen molar-refractivity contribution in [2.45, 2.75) is 0 Å². The van der Waals surface area contributed by atoms with Crippen LogP contribution in [0.1, 0.15) is 10.4 Å². The number of benzene rings is 2. The minimum atomic E-state index is -0.248. The number of piperazine rings is 1. The summed E-state index contributed by atoms with van der Waals surface area (Å²) in [6.07, 6.45) is 1.34. The second-order valence-electron chi connectivity index (χ2n) is 7.14. The van der Waals surface area contributed by atoms with Gasteiger partial charge in [0.15, 0.2) is 0 Å². The van der Waals surface area contributed by atoms with E-state index in [9.17, 15) is 9.59 Å². The summed E-state index contributed by atoms with van der Waals surface area (Å²) in [5.41, 5.74) is 1.81. The Kier molecular flexibility index (Phi) is 7.96. The van der Waals surface area contributed by atoms with Crippen LogP contribution in [0, 0.1) is 0 Å². The molecule has 6 nitrogen and oxygen atoms in total. The van der Waals surface area contributed by atoms with Gasteiger partial charge in [0, 0.05) is 61.5 Å². The van der Waals surface area contributed by atoms with E-state index in [1.807, 2.05) is 18.2 Å². The first-order valence-corrected chi connectivity index (χ1v) is 10.7. The molecule has 3 rings (SSSR count). The summed E-state index contributed by atoms with van der Waals surface area (Å²) in [6, 6.07) is 10.7. The van der Waals surface area contributed by atoms with Crippen molar-refractivity contribution in [3.63, 3.8) is 0 Å². The molecule has 0 unspecified atom stereocenters. The fraction of sp³-hybridized carbons (Fsp3) is 0.304. The summed E-state index contributed by atoms with van der Waals surface area (Å²) in [6.45, 7) is 7.52. The van der Waals surface area contributed by atoms with Gasteiger partial charge in [0.05, 0.1) is 17.7 Å². The molecule has 1 N–H and O–H groups in total. The van der Waals surface area contributed by atoms with E-state index in [0.29, 0.717) is 53.1 Å². The van der Waals surface area contributed by atoms with Gasteiger partial charge < -0.3 is 15.0 Å². The van der Waals surface area contributed by atoms with Crippen LogP contribution in [0.4, 0.5) is 0 Å². The van der Waals surface area contributed by atoms with Crippen LogP contribution in [0.15, 0.2) is 49.1 Å². The third kappa shape index (κ3) is 5.58. The lowest BCUT2D eigenvalue weighted by Crippen LogP contribution is -2.49. The normalized spacial score (nSPS) is 14.2. The topological polar surface area (TPSA) is 61.9 Å². The number of ether oxygens (including phenoxy) is 1. The average Bonchev–Trinajstić information content (AvgIpc) is 2.79. The van der Waals surface area contributed by atoms with Gasteiger partial charge in [0.2, 0.25) is 5.91 Å². The van der Waals surface area contributed by atoms with Crippen LogP contribution in [0.25, 0.3) is 11.1 Å². The van der Waals surface area contributed by atoms with Crippen molar-refractivity contribution in [3.8, 4) is 16.9 Å². The number of carbonyl (C=O) groups excluding carboxylic acids is 2. The van der Waals surface area contributed by atoms with Crippen LogP contribution >= 0.6 is 23.2 Å². The zero-order valence-corrected chi connectivity index (χ0v) is 18.9. The van der Waals surface area contributed by atoms with E-state index in [-0.39, 0.29) is 11.8 Å². The lowest BCUT2D eigenvalue weighted by atomic mass is 10.0. The number of hydrogen-bond donors (Lipinski definition) is 1. The van der Waals surface area contributed by atoms with Gasteiger partial charge in [-0.25, -0.2) is 0 Å². The van der Waals surface area contributed by atoms with E-state index >= 15 is 0 Å². The lowest BCUT2D eigenvalue weighted by molar-refractivity contribution is -0.127. The Morgan fingerprint density at radius 1 is 1.10 bits per heavy atom. The molecule has 1 fully saturated rings. The van der Waals surface area contributed by atoms with Gasteiger partial charge in [-0.3, -0.25) is 14.5 Å². The first-order valence-electron chi connectivity index (χ1n) is 9.99. The average molecular weight is 462 g/mol. The number of nitrogens with zero attached hydrogens (tertiary/aromatic N) is 2. The van der Waals surface area contributed by atoms with Crippen molar-refractivity contribution in [2.75, 3.05) is 46.4 Å². The first-order chi connectivity index (χ1) is 14.9. The number of methoxy groups -OCH3 is 1. The van der Waals surface area contributed by atoms with Gasteiger partial charge in [-0.2, -0.15) is 0 Å². The van der Waals surface area contributed by atoms with Crippen molar-refractivity contribution in [1.29, 1.82) is 0 Å². The van der Waals surface area contributed by atoms with E-state index < -0.39 is 0 Å². The molecule has 2 aromatic carbocycles. The van der Waals surface area contributed by atoms with Gasteiger partial charge in [0.1, 0.15) is 5.75 Å². The molecule has 0 saturated carbocycles. The molecule has 1 aliphatic heterocycles. The van der Waals surface area contributed by atoms with Gasteiger partial charge in [0.25, 0.3) is 5.91 Å². The van der Waals surface area contributed by atoms with Crippen molar-refractivity contribution < 1.29 is 14.3 Å². The van der Waals surface area contributed by atoms with Crippen LogP contribution in [-0.2, 0) is 4.79 Å². The number of halogens is 2. The van der Waals surface area contributed by atoms with Crippen LogP contribution in [0.5, 0.6) is 5.75 Å². The molecule has 0 aromatic heterocycles. The molecule has 0 spiro atoms. The van der Waals surface area contributed by atoms with E-state index in [1.54, 1.807) is 23.1 Å². The van der Waals surface area contributed by atoms with E-state index in [4.69, 9.17) is 27.9 Å². The summed E-state index contributed by atoms with van der Waals surface area (Å²) in [5.74, 6) is 0.106. The van der Waals surface area contributed by atoms with Crippen molar-refractivity contribution >= 4 is 35.0 Å². The maximum absolute atomic E-state index is 12.9. The number of rotatable bonds is 7. The molecule has 2 aromatic rings. The Morgan fingerprint density at radius 3 is 2.45 bits per heavy atom. The maximum atomic E-state index is 12.9. The van der Waals surface area contributed by atoms with Gasteiger partial charge >= 0.3 is 0 Å². The minimum Gasteiger partial charge on any atom is -0.496 e. The molecule has 0 aliphatic carbocycles. The Labute approximate surface area is 192 Å². The Balaban J connectivity index is 1.65. The van der Waals surface area contributed by atoms with Gasteiger partial charge in [-0.15, -0.1) is 0 Å². The third-order valence-corrected chi connectivity index (χ3v) is 5.91. The predicted molar refractivity (Wildman–Crippen MR) is 124 cm³/mol. The molecular formula is C23H25Cl2N3O3. The molecule has 1 aliphatic rings. The molecule has 2 amide bonds. The highest BCUT2D eigenvalue weighted by Gasteiger charge is 2.20. The maximum Gasteiger partial charge on any atom is 0.255 e. The van der Waals surface area contributed by atoms with Crippen molar-refractivity contribution in [3.05, 3.63) is 64.7 Å². The fourth-order valence-corrected chi connectivity index (χ4v) is 4.02. The number of nitrogens with one attached hydrogen (secondary N) is 1. The summed E-state index contributed by atoms with van der Waals surface area (Å²) in [7, 11) is 1.50. The van der Waals surface area contributed by atoms with E-state index in [2.05, 4.69) is 16.8 Å². The van der Waals surface area contributed by atoms with Gasteiger partial charge in [-0.1, -0.05) is 48.0 Å². The van der Waals surface area contributed by atoms with Crippen LogP contribution in [0.2, 0.25) is 10.0 Å². The summed E-state index contributed by atoms with van der Waals surface area (Å²) in [4.78, 5) is 28.5. The Bertz CT molecular complexity index is 973. The summed E-state index contributed by atoms with van der Waals surface area (Å²) in [5, 5.41) is 3.95. The number of amides is 2. The molecule has 0 bridgehead atoms. The second kappa shape index (κ2) is 10.7. The third-order valence-electron chi connectivity index (χ3n) is 5.27. The van der Waals surface area contributed by atoms with Crippen LogP contribution in [-0.4, -0.2) is 68.0 Å². The van der Waals surface area contributed by atoms with Gasteiger partial charge in [-0.05, 0) is 18.2 Å². The predicted octanol–water partition coefficient (Wildman–Crippen LogP) is 3.73. The molecule has 164 valence electrons. The van der Waals surface area contributed by atoms with E-state index in [0.717, 1.165) is 18.7 Å². The highest BCUT2D eigenvalue weighted by molar-refractivity contribution is 6.36. The second-order valence-corrected chi connectivity index (χ2v) is 7.95. The molecule has 1 saturated heterocycles. The lowest BCUT2D eigenvalue weighted by Gasteiger charge is -2.34. The fourth-order valence-electron chi connectivity index (χ4n) is 3.53. The Hall–Kier alpha value is -2.54. The van der Waals surface area contributed by atoms with Crippen LogP contribution < -0.4 is 10.1 Å². The largest absolute Gasteiger partial charge is 0.496 e. The SMILES string of the molecule is C=CC(=O)N1CCN(CCNC(=O)c2cc(-c3ccccc3Cl)c(Cl)cc2OC)CC1. The summed E-state index contributed by atoms with van der Waals surface area (Å²) < 4.78 is 5.38. The molecular weight excluding hydrogens is 437 g/mol. The molecule has 31 heavy (non-hydrogen) atoms.